The molecule has 7 heteroatoms. The molecule has 1 unspecified atom stereocenters. The maximum atomic E-state index is 14.2. The number of esters is 2. The van der Waals surface area contributed by atoms with Crippen molar-refractivity contribution < 1.29 is 33.4 Å². The smallest absolute Gasteiger partial charge is 0.306 e. The fraction of sp³-hybridized carbons (Fsp3) is 0.703. The molecule has 0 saturated heterocycles. The molecule has 0 spiro atoms. The summed E-state index contributed by atoms with van der Waals surface area (Å²) >= 11 is 0. The van der Waals surface area contributed by atoms with Gasteiger partial charge in [0.1, 0.15) is 5.78 Å². The summed E-state index contributed by atoms with van der Waals surface area (Å²) in [5.41, 5.74) is -2.33. The van der Waals surface area contributed by atoms with Gasteiger partial charge in [-0.2, -0.15) is 0 Å². The molecule has 7 nitrogen and oxygen atoms in total. The van der Waals surface area contributed by atoms with Crippen LogP contribution in [0.15, 0.2) is 36.0 Å². The zero-order valence-electron chi connectivity index (χ0n) is 27.5. The third kappa shape index (κ3) is 6.30. The summed E-state index contributed by atoms with van der Waals surface area (Å²) in [4.78, 5) is 66.0. The van der Waals surface area contributed by atoms with Crippen molar-refractivity contribution in [3.63, 3.8) is 0 Å². The first-order valence-corrected chi connectivity index (χ1v) is 17.0. The lowest BCUT2D eigenvalue weighted by molar-refractivity contribution is -0.196. The van der Waals surface area contributed by atoms with Crippen LogP contribution in [0, 0.1) is 34.5 Å². The third-order valence-electron chi connectivity index (χ3n) is 11.2. The van der Waals surface area contributed by atoms with Gasteiger partial charge in [0.05, 0.1) is 0 Å². The molecule has 2 saturated carbocycles. The van der Waals surface area contributed by atoms with Gasteiger partial charge in [0.15, 0.2) is 18.0 Å². The summed E-state index contributed by atoms with van der Waals surface area (Å²) in [7, 11) is 0. The molecule has 4 rings (SSSR count). The van der Waals surface area contributed by atoms with Crippen LogP contribution >= 0.6 is 0 Å². The van der Waals surface area contributed by atoms with Crippen molar-refractivity contribution in [3.05, 3.63) is 36.0 Å². The molecular weight excluding hydrogens is 556 g/mol. The Labute approximate surface area is 263 Å². The van der Waals surface area contributed by atoms with Crippen molar-refractivity contribution in [2.24, 2.45) is 34.5 Å². The van der Waals surface area contributed by atoms with E-state index in [2.05, 4.69) is 6.92 Å². The Bertz CT molecular complexity index is 1230. The fourth-order valence-corrected chi connectivity index (χ4v) is 8.86. The van der Waals surface area contributed by atoms with Crippen LogP contribution in [-0.4, -0.2) is 41.5 Å². The summed E-state index contributed by atoms with van der Waals surface area (Å²) < 4.78 is 11.6. The van der Waals surface area contributed by atoms with Gasteiger partial charge in [-0.25, -0.2) is 0 Å². The molecule has 242 valence electrons. The molecule has 44 heavy (non-hydrogen) atoms. The normalized spacial score (nSPS) is 33.7. The number of carbonyl (C=O) groups excluding carboxylic acids is 5. The molecule has 0 aromatic carbocycles. The van der Waals surface area contributed by atoms with E-state index < -0.39 is 40.8 Å². The Morgan fingerprint density at radius 1 is 0.909 bits per heavy atom. The van der Waals surface area contributed by atoms with Crippen LogP contribution in [0.3, 0.4) is 0 Å². The second kappa shape index (κ2) is 14.1. The number of fused-ring (bicyclic) bond motifs is 5. The highest BCUT2D eigenvalue weighted by molar-refractivity contribution is 6.02. The fourth-order valence-electron chi connectivity index (χ4n) is 8.86. The molecule has 7 atom stereocenters. The van der Waals surface area contributed by atoms with Gasteiger partial charge in [0.25, 0.3) is 0 Å². The minimum Gasteiger partial charge on any atom is -0.457 e. The first kappa shape index (κ1) is 34.1. The first-order valence-electron chi connectivity index (χ1n) is 17.0. The number of Topliss-reactive ketones (excluding diaryl/α,β-unsaturated/α-hetero) is 2. The number of ether oxygens (including phenoxy) is 2. The maximum Gasteiger partial charge on any atom is 0.306 e. The summed E-state index contributed by atoms with van der Waals surface area (Å²) in [5, 5.41) is 0. The average Bonchev–Trinajstić information content (AvgIpc) is 3.21. The van der Waals surface area contributed by atoms with Crippen molar-refractivity contribution >= 4 is 29.3 Å². The topological polar surface area (TPSA) is 104 Å². The first-order chi connectivity index (χ1) is 20.9. The summed E-state index contributed by atoms with van der Waals surface area (Å²) in [5.74, 6) is -2.52. The average molecular weight is 609 g/mol. The quantitative estimate of drug-likeness (QED) is 0.143. The van der Waals surface area contributed by atoms with Crippen molar-refractivity contribution in [2.45, 2.75) is 124 Å². The highest BCUT2D eigenvalue weighted by Crippen LogP contribution is 2.67. The molecule has 0 heterocycles. The van der Waals surface area contributed by atoms with Crippen molar-refractivity contribution in [3.8, 4) is 0 Å². The number of allylic oxidation sites excluding steroid dienone is 6. The van der Waals surface area contributed by atoms with Crippen LogP contribution in [0.4, 0.5) is 0 Å². The molecule has 4 aliphatic rings. The number of hydrogen-bond donors (Lipinski definition) is 0. The number of hydrogen-bond acceptors (Lipinski definition) is 7. The molecule has 0 aliphatic heterocycles. The van der Waals surface area contributed by atoms with Gasteiger partial charge in [0.2, 0.25) is 5.78 Å². The largest absolute Gasteiger partial charge is 0.457 e. The highest BCUT2D eigenvalue weighted by Gasteiger charge is 2.72. The molecular formula is C37H52O7. The summed E-state index contributed by atoms with van der Waals surface area (Å²) in [6, 6.07) is 0. The number of ketones is 3. The van der Waals surface area contributed by atoms with Crippen molar-refractivity contribution in [2.75, 3.05) is 6.61 Å². The molecule has 0 amide bonds. The molecule has 2 fully saturated rings. The maximum absolute atomic E-state index is 14.2. The van der Waals surface area contributed by atoms with Crippen LogP contribution in [0.5, 0.6) is 0 Å². The monoisotopic (exact) mass is 608 g/mol. The minimum absolute atomic E-state index is 0.00249. The Balaban J connectivity index is 1.56. The van der Waals surface area contributed by atoms with Gasteiger partial charge in [-0.05, 0) is 42.4 Å². The van der Waals surface area contributed by atoms with E-state index >= 15 is 0 Å². The molecule has 0 aromatic rings. The van der Waals surface area contributed by atoms with Crippen LogP contribution in [0.1, 0.15) is 118 Å². The van der Waals surface area contributed by atoms with Gasteiger partial charge in [-0.15, -0.1) is 0 Å². The van der Waals surface area contributed by atoms with Gasteiger partial charge < -0.3 is 9.47 Å². The van der Waals surface area contributed by atoms with E-state index in [-0.39, 0.29) is 54.5 Å². The lowest BCUT2D eigenvalue weighted by Gasteiger charge is -2.55. The Morgan fingerprint density at radius 2 is 1.57 bits per heavy atom. The zero-order valence-corrected chi connectivity index (χ0v) is 27.5. The Kier molecular flexibility index (Phi) is 10.9. The van der Waals surface area contributed by atoms with E-state index in [9.17, 15) is 24.0 Å². The Morgan fingerprint density at radius 3 is 2.23 bits per heavy atom. The minimum atomic E-state index is -1.58. The van der Waals surface area contributed by atoms with E-state index in [0.717, 1.165) is 24.8 Å². The number of carbonyl (C=O) groups is 5. The van der Waals surface area contributed by atoms with E-state index in [1.165, 1.54) is 32.1 Å². The standard InChI is InChI=1S/C37H52O7/c1-6-8-9-10-11-12-13-14-15-16-33(42)44-37(31(40)24-43-32(41)7-2)25(3)21-29-28-18-17-26-22-27(38)19-20-35(26,4)34(28)30(39)23-36(29,37)5/h17-20,22,25,28-29,34H,6-16,21,23-24H2,1-5H3/t25?,28-,29-,34+,35-,36-,37-/m0/s1. The zero-order chi connectivity index (χ0) is 32.1. The molecule has 4 aliphatic carbocycles. The van der Waals surface area contributed by atoms with Crippen LogP contribution in [0.25, 0.3) is 0 Å². The predicted molar refractivity (Wildman–Crippen MR) is 168 cm³/mol. The lowest BCUT2D eigenvalue weighted by Crippen LogP contribution is -2.63. The van der Waals surface area contributed by atoms with Crippen LogP contribution in [0.2, 0.25) is 0 Å². The number of unbranched alkanes of at least 4 members (excludes halogenated alkanes) is 8. The highest BCUT2D eigenvalue weighted by atomic mass is 16.6. The van der Waals surface area contributed by atoms with E-state index in [1.807, 2.05) is 39.0 Å². The predicted octanol–water partition coefficient (Wildman–Crippen LogP) is 7.22. The summed E-state index contributed by atoms with van der Waals surface area (Å²) in [6.07, 6.45) is 20.0. The second-order valence-electron chi connectivity index (χ2n) is 14.1. The van der Waals surface area contributed by atoms with Gasteiger partial charge >= 0.3 is 11.9 Å². The van der Waals surface area contributed by atoms with E-state index in [1.54, 1.807) is 19.1 Å². The Hall–Kier alpha value is -2.83. The van der Waals surface area contributed by atoms with Crippen molar-refractivity contribution in [1.82, 2.24) is 0 Å². The third-order valence-corrected chi connectivity index (χ3v) is 11.2. The SMILES string of the molecule is CCCCCCCCCCCC(=O)O[C@]1(C(=O)COC(=O)CC)C(C)C[C@H]2[C@@H]3C=CC4=CC(=O)C=C[C@]4(C)[C@H]3C(=O)C[C@@]21C. The molecule has 0 radical (unpaired) electrons. The van der Waals surface area contributed by atoms with Crippen molar-refractivity contribution in [1.29, 1.82) is 0 Å². The van der Waals surface area contributed by atoms with E-state index in [0.29, 0.717) is 12.8 Å². The van der Waals surface area contributed by atoms with Gasteiger partial charge in [-0.1, -0.05) is 104 Å². The molecule has 0 bridgehead atoms. The second-order valence-corrected chi connectivity index (χ2v) is 14.1. The van der Waals surface area contributed by atoms with Crippen LogP contribution in [-0.2, 0) is 33.4 Å². The van der Waals surface area contributed by atoms with E-state index in [4.69, 9.17) is 9.47 Å². The van der Waals surface area contributed by atoms with Gasteiger partial charge in [-0.3, -0.25) is 24.0 Å². The lowest BCUT2D eigenvalue weighted by atomic mass is 9.48. The van der Waals surface area contributed by atoms with Crippen LogP contribution < -0.4 is 0 Å². The van der Waals surface area contributed by atoms with Gasteiger partial charge in [0, 0.05) is 41.9 Å². The summed E-state index contributed by atoms with van der Waals surface area (Å²) in [6.45, 7) is 9.24. The molecule has 0 N–H and O–H groups in total. The number of rotatable bonds is 15. The molecule has 0 aromatic heterocycles.